The molecule has 0 saturated carbocycles. The van der Waals surface area contributed by atoms with Crippen LogP contribution in [0.5, 0.6) is 11.6 Å². The van der Waals surface area contributed by atoms with Crippen molar-refractivity contribution in [3.8, 4) is 11.6 Å². The van der Waals surface area contributed by atoms with Gasteiger partial charge in [-0.25, -0.2) is 9.37 Å². The molecule has 1 atom stereocenters. The first-order valence-electron chi connectivity index (χ1n) is 9.51. The fraction of sp³-hybridized carbons (Fsp3) is 0.0909. The van der Waals surface area contributed by atoms with E-state index >= 15 is 0 Å². The van der Waals surface area contributed by atoms with E-state index in [0.717, 1.165) is 0 Å². The van der Waals surface area contributed by atoms with Crippen LogP contribution >= 0.6 is 11.6 Å². The Bertz CT molecular complexity index is 1170. The number of rotatable bonds is 6. The minimum atomic E-state index is -0.852. The van der Waals surface area contributed by atoms with E-state index in [1.54, 1.807) is 36.4 Å². The average Bonchev–Trinajstić information content (AvgIpc) is 3.23. The van der Waals surface area contributed by atoms with Crippen LogP contribution in [-0.4, -0.2) is 28.6 Å². The lowest BCUT2D eigenvalue weighted by molar-refractivity contribution is -0.119. The molecule has 0 radical (unpaired) electrons. The lowest BCUT2D eigenvalue weighted by Gasteiger charge is -2.20. The number of carbonyl (C=O) groups excluding carboxylic acids is 2. The number of anilines is 2. The van der Waals surface area contributed by atoms with Crippen molar-refractivity contribution in [2.24, 2.45) is 10.8 Å². The highest BCUT2D eigenvalue weighted by Crippen LogP contribution is 2.26. The molecule has 1 aromatic heterocycles. The normalized spacial score (nSPS) is 15.2. The van der Waals surface area contributed by atoms with Crippen LogP contribution in [0.1, 0.15) is 6.42 Å². The van der Waals surface area contributed by atoms with Gasteiger partial charge >= 0.3 is 0 Å². The molecule has 3 aromatic rings. The van der Waals surface area contributed by atoms with Gasteiger partial charge < -0.3 is 15.8 Å². The minimum Gasteiger partial charge on any atom is -0.439 e. The summed E-state index contributed by atoms with van der Waals surface area (Å²) >= 11 is 5.85. The van der Waals surface area contributed by atoms with Crippen LogP contribution in [0.4, 0.5) is 15.8 Å². The molecule has 8 nitrogen and oxygen atoms in total. The van der Waals surface area contributed by atoms with E-state index in [2.05, 4.69) is 15.4 Å². The van der Waals surface area contributed by atoms with E-state index < -0.39 is 23.7 Å². The van der Waals surface area contributed by atoms with Crippen molar-refractivity contribution in [2.45, 2.75) is 12.5 Å². The number of hydrogen-bond acceptors (Lipinski definition) is 6. The Morgan fingerprint density at radius 1 is 1.09 bits per heavy atom. The molecule has 32 heavy (non-hydrogen) atoms. The van der Waals surface area contributed by atoms with Crippen molar-refractivity contribution >= 4 is 40.5 Å². The van der Waals surface area contributed by atoms with Gasteiger partial charge in [0, 0.05) is 17.5 Å². The molecule has 0 bridgehead atoms. The average molecular weight is 454 g/mol. The first-order valence-corrected chi connectivity index (χ1v) is 9.89. The first-order chi connectivity index (χ1) is 15.4. The molecule has 3 N–H and O–H groups in total. The number of hydrogen-bond donors (Lipinski definition) is 2. The number of nitrogens with zero attached hydrogens (tertiary/aromatic N) is 3. The topological polar surface area (TPSA) is 110 Å². The molecule has 0 saturated heterocycles. The van der Waals surface area contributed by atoms with Gasteiger partial charge in [0.15, 0.2) is 0 Å². The molecule has 2 heterocycles. The Morgan fingerprint density at radius 2 is 1.81 bits per heavy atom. The molecule has 10 heteroatoms. The van der Waals surface area contributed by atoms with E-state index in [1.807, 2.05) is 0 Å². The molecule has 4 rings (SSSR count). The lowest BCUT2D eigenvalue weighted by atomic mass is 10.1. The van der Waals surface area contributed by atoms with Crippen LogP contribution in [0, 0.1) is 5.82 Å². The third-order valence-corrected chi connectivity index (χ3v) is 4.87. The highest BCUT2D eigenvalue weighted by molar-refractivity contribution is 6.44. The molecule has 1 aliphatic heterocycles. The summed E-state index contributed by atoms with van der Waals surface area (Å²) in [4.78, 5) is 28.7. The number of nitrogens with one attached hydrogen (secondary N) is 1. The number of nitrogens with two attached hydrogens (primary N) is 1. The third-order valence-electron chi connectivity index (χ3n) is 4.62. The summed E-state index contributed by atoms with van der Waals surface area (Å²) in [6, 6.07) is 14.6. The Hall–Kier alpha value is -3.98. The maximum Gasteiger partial charge on any atom is 0.272 e. The van der Waals surface area contributed by atoms with Crippen LogP contribution in [-0.2, 0) is 9.59 Å². The van der Waals surface area contributed by atoms with Crippen molar-refractivity contribution in [1.82, 2.24) is 4.98 Å². The van der Waals surface area contributed by atoms with Gasteiger partial charge in [0.2, 0.25) is 11.8 Å². The Morgan fingerprint density at radius 3 is 2.44 bits per heavy atom. The number of carbonyl (C=O) groups is 2. The van der Waals surface area contributed by atoms with Crippen molar-refractivity contribution in [1.29, 1.82) is 0 Å². The van der Waals surface area contributed by atoms with Crippen molar-refractivity contribution in [2.75, 3.05) is 10.3 Å². The summed E-state index contributed by atoms with van der Waals surface area (Å²) in [5.74, 6) is -0.682. The number of pyridine rings is 1. The summed E-state index contributed by atoms with van der Waals surface area (Å²) in [6.45, 7) is 0. The highest BCUT2D eigenvalue weighted by atomic mass is 35.5. The van der Waals surface area contributed by atoms with E-state index in [9.17, 15) is 14.0 Å². The standard InChI is InChI=1S/C22H17ClFN5O3/c23-13-1-8-17(9-2-13)32-20-10-5-15(12-26-20)27-22(31)18-11-19(21(25)30)29(28-18)16-6-3-14(24)4-7-16/h1-10,12,19H,11H2,(H2,25,30)(H,27,31). The van der Waals surface area contributed by atoms with Crippen LogP contribution in [0.3, 0.4) is 0 Å². The third kappa shape index (κ3) is 4.84. The molecule has 162 valence electrons. The summed E-state index contributed by atoms with van der Waals surface area (Å²) in [6.07, 6.45) is 1.45. The van der Waals surface area contributed by atoms with Crippen molar-refractivity contribution < 1.29 is 18.7 Å². The molecule has 1 aliphatic rings. The Balaban J connectivity index is 1.44. The number of ether oxygens (including phenoxy) is 1. The van der Waals surface area contributed by atoms with Gasteiger partial charge in [-0.05, 0) is 54.6 Å². The van der Waals surface area contributed by atoms with E-state index in [-0.39, 0.29) is 12.1 Å². The fourth-order valence-corrected chi connectivity index (χ4v) is 3.17. The second kappa shape index (κ2) is 9.03. The number of benzene rings is 2. The van der Waals surface area contributed by atoms with Crippen LogP contribution in [0.25, 0.3) is 0 Å². The first kappa shape index (κ1) is 21.3. The summed E-state index contributed by atoms with van der Waals surface area (Å²) in [7, 11) is 0. The monoisotopic (exact) mass is 453 g/mol. The van der Waals surface area contributed by atoms with Gasteiger partial charge in [0.1, 0.15) is 23.3 Å². The number of amides is 2. The molecule has 0 aliphatic carbocycles. The molecule has 2 amide bonds. The Kier molecular flexibility index (Phi) is 6.00. The lowest BCUT2D eigenvalue weighted by Crippen LogP contribution is -2.39. The van der Waals surface area contributed by atoms with Gasteiger partial charge in [-0.1, -0.05) is 11.6 Å². The maximum absolute atomic E-state index is 13.2. The molecule has 0 fully saturated rings. The number of primary amides is 1. The molecule has 0 spiro atoms. The molecule has 2 aromatic carbocycles. The molecular weight excluding hydrogens is 437 g/mol. The maximum atomic E-state index is 13.2. The van der Waals surface area contributed by atoms with Gasteiger partial charge in [0.25, 0.3) is 5.91 Å². The number of halogens is 2. The van der Waals surface area contributed by atoms with Gasteiger partial charge in [-0.2, -0.15) is 5.10 Å². The van der Waals surface area contributed by atoms with Crippen LogP contribution in [0.2, 0.25) is 5.02 Å². The largest absolute Gasteiger partial charge is 0.439 e. The van der Waals surface area contributed by atoms with Crippen molar-refractivity contribution in [3.63, 3.8) is 0 Å². The van der Waals surface area contributed by atoms with Crippen LogP contribution < -0.4 is 20.8 Å². The zero-order chi connectivity index (χ0) is 22.7. The second-order valence-electron chi connectivity index (χ2n) is 6.89. The predicted molar refractivity (Wildman–Crippen MR) is 118 cm³/mol. The van der Waals surface area contributed by atoms with Gasteiger partial charge in [-0.15, -0.1) is 0 Å². The van der Waals surface area contributed by atoms with E-state index in [1.165, 1.54) is 35.5 Å². The van der Waals surface area contributed by atoms with E-state index in [4.69, 9.17) is 22.1 Å². The SMILES string of the molecule is NC(=O)C1CC(C(=O)Nc2ccc(Oc3ccc(Cl)cc3)nc2)=NN1c1ccc(F)cc1. The number of hydrazone groups is 1. The van der Waals surface area contributed by atoms with Gasteiger partial charge in [0.05, 0.1) is 17.6 Å². The highest BCUT2D eigenvalue weighted by Gasteiger charge is 2.35. The smallest absolute Gasteiger partial charge is 0.272 e. The summed E-state index contributed by atoms with van der Waals surface area (Å²) < 4.78 is 18.8. The summed E-state index contributed by atoms with van der Waals surface area (Å²) in [5.41, 5.74) is 6.44. The van der Waals surface area contributed by atoms with Crippen molar-refractivity contribution in [3.05, 3.63) is 77.7 Å². The Labute approximate surface area is 187 Å². The van der Waals surface area contributed by atoms with Gasteiger partial charge in [-0.3, -0.25) is 14.6 Å². The molecular formula is C22H17ClFN5O3. The quantitative estimate of drug-likeness (QED) is 0.591. The summed E-state index contributed by atoms with van der Waals surface area (Å²) in [5, 5.41) is 8.81. The van der Waals surface area contributed by atoms with E-state index in [0.29, 0.717) is 28.0 Å². The zero-order valence-corrected chi connectivity index (χ0v) is 17.3. The second-order valence-corrected chi connectivity index (χ2v) is 7.32. The fourth-order valence-electron chi connectivity index (χ4n) is 3.04. The molecule has 1 unspecified atom stereocenters. The minimum absolute atomic E-state index is 0.0176. The number of aromatic nitrogens is 1. The van der Waals surface area contributed by atoms with Crippen LogP contribution in [0.15, 0.2) is 72.0 Å². The predicted octanol–water partition coefficient (Wildman–Crippen LogP) is 3.73. The zero-order valence-electron chi connectivity index (χ0n) is 16.5.